The fourth-order valence-electron chi connectivity index (χ4n) is 5.28. The van der Waals surface area contributed by atoms with Crippen LogP contribution in [0.2, 0.25) is 0 Å². The minimum atomic E-state index is -0.254. The van der Waals surface area contributed by atoms with E-state index in [1.165, 1.54) is 0 Å². The van der Waals surface area contributed by atoms with Gasteiger partial charge in [0.1, 0.15) is 0 Å². The third-order valence-electron chi connectivity index (χ3n) is 7.21. The van der Waals surface area contributed by atoms with Gasteiger partial charge >= 0.3 is 0 Å². The molecule has 1 heterocycles. The Labute approximate surface area is 218 Å². The number of nitrogens with zero attached hydrogens (tertiary/aromatic N) is 1. The van der Waals surface area contributed by atoms with Gasteiger partial charge in [0.15, 0.2) is 17.3 Å². The summed E-state index contributed by atoms with van der Waals surface area (Å²) >= 11 is 0. The molecule has 192 valence electrons. The largest absolute Gasteiger partial charge is 0.493 e. The van der Waals surface area contributed by atoms with Gasteiger partial charge in [-0.3, -0.25) is 4.79 Å². The van der Waals surface area contributed by atoms with E-state index in [-0.39, 0.29) is 17.7 Å². The van der Waals surface area contributed by atoms with Gasteiger partial charge < -0.3 is 29.7 Å². The lowest BCUT2D eigenvalue weighted by Gasteiger charge is -2.30. The Kier molecular flexibility index (Phi) is 6.70. The highest BCUT2D eigenvalue weighted by atomic mass is 16.5. The van der Waals surface area contributed by atoms with Crippen LogP contribution in [0.1, 0.15) is 35.9 Å². The van der Waals surface area contributed by atoms with Crippen LogP contribution >= 0.6 is 0 Å². The van der Waals surface area contributed by atoms with Gasteiger partial charge in [-0.2, -0.15) is 0 Å². The normalized spacial score (nSPS) is 18.6. The predicted molar refractivity (Wildman–Crippen MR) is 147 cm³/mol. The second-order valence-electron chi connectivity index (χ2n) is 9.61. The molecular formula is C30H33N3O4. The molecule has 1 aliphatic heterocycles. The maximum Gasteiger partial charge on any atom is 0.203 e. The number of hydrogen-bond acceptors (Lipinski definition) is 7. The lowest BCUT2D eigenvalue weighted by molar-refractivity contribution is -0.116. The minimum Gasteiger partial charge on any atom is -0.493 e. The zero-order valence-electron chi connectivity index (χ0n) is 21.9. The van der Waals surface area contributed by atoms with Crippen molar-refractivity contribution in [3.63, 3.8) is 0 Å². The van der Waals surface area contributed by atoms with E-state index in [4.69, 9.17) is 14.2 Å². The first-order valence-electron chi connectivity index (χ1n) is 12.4. The summed E-state index contributed by atoms with van der Waals surface area (Å²) in [4.78, 5) is 15.9. The molecule has 0 bridgehead atoms. The Hall–Kier alpha value is -4.13. The predicted octanol–water partition coefficient (Wildman–Crippen LogP) is 5.76. The first-order chi connectivity index (χ1) is 17.9. The number of benzene rings is 3. The number of ketones is 1. The van der Waals surface area contributed by atoms with Crippen LogP contribution in [0.15, 0.2) is 71.9 Å². The van der Waals surface area contributed by atoms with Crippen LogP contribution in [-0.4, -0.2) is 41.2 Å². The summed E-state index contributed by atoms with van der Waals surface area (Å²) in [6.45, 7) is 0. The molecule has 1 aliphatic carbocycles. The molecule has 3 aromatic carbocycles. The molecule has 2 N–H and O–H groups in total. The summed E-state index contributed by atoms with van der Waals surface area (Å²) < 4.78 is 16.7. The average molecular weight is 500 g/mol. The van der Waals surface area contributed by atoms with Crippen molar-refractivity contribution in [3.8, 4) is 17.2 Å². The molecule has 0 spiro atoms. The van der Waals surface area contributed by atoms with Crippen molar-refractivity contribution in [2.24, 2.45) is 0 Å². The molecule has 0 saturated carbocycles. The number of rotatable bonds is 6. The van der Waals surface area contributed by atoms with E-state index in [1.807, 2.05) is 50.5 Å². The molecule has 0 fully saturated rings. The number of allylic oxidation sites excluding steroid dienone is 1. The van der Waals surface area contributed by atoms with Crippen molar-refractivity contribution in [2.75, 3.05) is 51.0 Å². The summed E-state index contributed by atoms with van der Waals surface area (Å²) in [5, 5.41) is 7.25. The summed E-state index contributed by atoms with van der Waals surface area (Å²) in [5.41, 5.74) is 6.80. The summed E-state index contributed by atoms with van der Waals surface area (Å²) in [7, 11) is 8.85. The van der Waals surface area contributed by atoms with Crippen molar-refractivity contribution in [1.29, 1.82) is 0 Å². The maximum absolute atomic E-state index is 13.9. The van der Waals surface area contributed by atoms with Crippen LogP contribution in [0.5, 0.6) is 17.2 Å². The number of carbonyl (C=O) groups excluding carboxylic acids is 1. The quantitative estimate of drug-likeness (QED) is 0.447. The Morgan fingerprint density at radius 1 is 0.811 bits per heavy atom. The van der Waals surface area contributed by atoms with Crippen LogP contribution in [0.25, 0.3) is 0 Å². The number of Topliss-reactive ketones (excluding diaryl/α,β-unsaturated/α-hetero) is 1. The molecule has 7 nitrogen and oxygen atoms in total. The number of nitrogens with one attached hydrogen (secondary N) is 2. The van der Waals surface area contributed by atoms with E-state index in [0.29, 0.717) is 30.1 Å². The Bertz CT molecular complexity index is 1320. The molecule has 0 unspecified atom stereocenters. The van der Waals surface area contributed by atoms with Crippen molar-refractivity contribution < 1.29 is 19.0 Å². The number of carbonyl (C=O) groups is 1. The molecule has 2 atom stereocenters. The fourth-order valence-corrected chi connectivity index (χ4v) is 5.28. The number of anilines is 3. The van der Waals surface area contributed by atoms with Gasteiger partial charge in [-0.15, -0.1) is 0 Å². The van der Waals surface area contributed by atoms with E-state index < -0.39 is 0 Å². The highest BCUT2D eigenvalue weighted by Gasteiger charge is 2.36. The number of para-hydroxylation sites is 2. The van der Waals surface area contributed by atoms with E-state index in [2.05, 4.69) is 39.8 Å². The van der Waals surface area contributed by atoms with Crippen molar-refractivity contribution in [3.05, 3.63) is 83.1 Å². The first kappa shape index (κ1) is 24.6. The third-order valence-corrected chi connectivity index (χ3v) is 7.21. The minimum absolute atomic E-state index is 0.0329. The topological polar surface area (TPSA) is 72.1 Å². The van der Waals surface area contributed by atoms with E-state index in [9.17, 15) is 4.79 Å². The summed E-state index contributed by atoms with van der Waals surface area (Å²) in [5.74, 6) is 1.80. The number of hydrogen-bond donors (Lipinski definition) is 2. The second kappa shape index (κ2) is 10.1. The van der Waals surface area contributed by atoms with Crippen LogP contribution in [-0.2, 0) is 4.79 Å². The van der Waals surface area contributed by atoms with E-state index in [1.54, 1.807) is 21.3 Å². The highest BCUT2D eigenvalue weighted by Crippen LogP contribution is 2.47. The van der Waals surface area contributed by atoms with Crippen LogP contribution < -0.4 is 29.7 Å². The van der Waals surface area contributed by atoms with Crippen molar-refractivity contribution in [2.45, 2.75) is 24.8 Å². The Morgan fingerprint density at radius 3 is 2.05 bits per heavy atom. The Morgan fingerprint density at radius 2 is 1.46 bits per heavy atom. The second-order valence-corrected chi connectivity index (χ2v) is 9.61. The van der Waals surface area contributed by atoms with E-state index >= 15 is 0 Å². The van der Waals surface area contributed by atoms with Crippen molar-refractivity contribution >= 4 is 22.8 Å². The smallest absolute Gasteiger partial charge is 0.203 e. The monoisotopic (exact) mass is 499 g/mol. The van der Waals surface area contributed by atoms with Crippen LogP contribution in [0, 0.1) is 0 Å². The third kappa shape index (κ3) is 4.57. The van der Waals surface area contributed by atoms with Crippen LogP contribution in [0.4, 0.5) is 17.1 Å². The molecule has 0 aromatic heterocycles. The maximum atomic E-state index is 13.9. The molecule has 5 rings (SSSR count). The summed E-state index contributed by atoms with van der Waals surface area (Å²) in [6.07, 6.45) is 1.07. The zero-order valence-corrected chi connectivity index (χ0v) is 21.9. The SMILES string of the molecule is COc1cc([C@@H]2CC(=O)C3=C(C2)Nc2ccccc2N[C@@H]3c2ccc(N(C)C)cc2)cc(OC)c1OC. The van der Waals surface area contributed by atoms with Gasteiger partial charge in [0, 0.05) is 37.5 Å². The molecule has 37 heavy (non-hydrogen) atoms. The van der Waals surface area contributed by atoms with Crippen molar-refractivity contribution in [1.82, 2.24) is 0 Å². The standard InChI is InChI=1S/C30H33N3O4/c1-33(2)21-12-10-18(11-13-21)29-28-24(31-22-8-6-7-9-23(22)32-29)14-19(15-25(28)34)20-16-26(35-3)30(37-5)27(17-20)36-4/h6-13,16-17,19,29,31-32H,14-15H2,1-5H3/t19-,29+/m0/s1. The number of ether oxygens (including phenoxy) is 3. The highest BCUT2D eigenvalue weighted by molar-refractivity contribution is 6.01. The lowest BCUT2D eigenvalue weighted by Crippen LogP contribution is -2.27. The molecular weight excluding hydrogens is 466 g/mol. The molecule has 2 aliphatic rings. The molecule has 0 amide bonds. The number of fused-ring (bicyclic) bond motifs is 1. The zero-order chi connectivity index (χ0) is 26.1. The Balaban J connectivity index is 1.58. The molecule has 0 radical (unpaired) electrons. The molecule has 3 aromatic rings. The lowest BCUT2D eigenvalue weighted by atomic mass is 9.78. The molecule has 0 saturated heterocycles. The molecule has 7 heteroatoms. The van der Waals surface area contributed by atoms with Gasteiger partial charge in [-0.05, 0) is 59.9 Å². The van der Waals surface area contributed by atoms with Gasteiger partial charge in [0.05, 0.1) is 38.7 Å². The van der Waals surface area contributed by atoms with Gasteiger partial charge in [-0.1, -0.05) is 24.3 Å². The van der Waals surface area contributed by atoms with Gasteiger partial charge in [-0.25, -0.2) is 0 Å². The van der Waals surface area contributed by atoms with E-state index in [0.717, 1.165) is 39.5 Å². The first-order valence-corrected chi connectivity index (χ1v) is 12.4. The van der Waals surface area contributed by atoms with Gasteiger partial charge in [0.25, 0.3) is 0 Å². The summed E-state index contributed by atoms with van der Waals surface area (Å²) in [6, 6.07) is 20.1. The van der Waals surface area contributed by atoms with Crippen LogP contribution in [0.3, 0.4) is 0 Å². The van der Waals surface area contributed by atoms with Gasteiger partial charge in [0.2, 0.25) is 5.75 Å². The average Bonchev–Trinajstić information content (AvgIpc) is 3.09. The fraction of sp³-hybridized carbons (Fsp3) is 0.300. The number of methoxy groups -OCH3 is 3.